The van der Waals surface area contributed by atoms with Gasteiger partial charge in [-0.05, 0) is 26.3 Å². The molecule has 0 bridgehead atoms. The van der Waals surface area contributed by atoms with Crippen LogP contribution in [-0.2, 0) is 20.8 Å². The first-order chi connectivity index (χ1) is 11.6. The van der Waals surface area contributed by atoms with E-state index in [1.54, 1.807) is 0 Å². The Kier molecular flexibility index (Phi) is 5.53. The number of aromatic nitrogens is 2. The highest BCUT2D eigenvalue weighted by atomic mass is 16.5. The van der Waals surface area contributed by atoms with Gasteiger partial charge in [-0.25, -0.2) is 0 Å². The van der Waals surface area contributed by atoms with Crippen LogP contribution in [0.2, 0.25) is 0 Å². The summed E-state index contributed by atoms with van der Waals surface area (Å²) in [7, 11) is 0. The molecule has 2 aliphatic heterocycles. The molecule has 7 heteroatoms. The van der Waals surface area contributed by atoms with E-state index in [1.165, 1.54) is 0 Å². The second-order valence-electron chi connectivity index (χ2n) is 6.83. The maximum Gasteiger partial charge on any atom is 0.222 e. The summed E-state index contributed by atoms with van der Waals surface area (Å²) >= 11 is 0. The molecule has 0 aliphatic carbocycles. The number of nitrogens with zero attached hydrogens (tertiary/aromatic N) is 3. The van der Waals surface area contributed by atoms with E-state index < -0.39 is 0 Å². The molecule has 1 atom stereocenters. The quantitative estimate of drug-likeness (QED) is 0.867. The molecule has 3 rings (SSSR count). The van der Waals surface area contributed by atoms with Crippen molar-refractivity contribution in [2.45, 2.75) is 38.8 Å². The van der Waals surface area contributed by atoms with E-state index in [0.717, 1.165) is 37.4 Å². The van der Waals surface area contributed by atoms with Crippen LogP contribution in [0.4, 0.5) is 0 Å². The molecular formula is C17H28N4O3. The van der Waals surface area contributed by atoms with Gasteiger partial charge in [0.05, 0.1) is 32.1 Å². The zero-order chi connectivity index (χ0) is 17.0. The van der Waals surface area contributed by atoms with E-state index in [0.29, 0.717) is 39.3 Å². The van der Waals surface area contributed by atoms with Crippen molar-refractivity contribution < 1.29 is 14.3 Å². The topological polar surface area (TPSA) is 68.6 Å². The van der Waals surface area contributed by atoms with Crippen LogP contribution in [0.1, 0.15) is 24.2 Å². The Morgan fingerprint density at radius 1 is 1.42 bits per heavy atom. The molecule has 134 valence electrons. The van der Waals surface area contributed by atoms with Gasteiger partial charge in [-0.3, -0.25) is 9.48 Å². The highest BCUT2D eigenvalue weighted by molar-refractivity contribution is 5.76. The van der Waals surface area contributed by atoms with Crippen molar-refractivity contribution >= 4 is 5.91 Å². The number of carbonyl (C=O) groups is 1. The van der Waals surface area contributed by atoms with E-state index in [-0.39, 0.29) is 11.5 Å². The van der Waals surface area contributed by atoms with Crippen molar-refractivity contribution in [1.29, 1.82) is 0 Å². The van der Waals surface area contributed by atoms with Crippen LogP contribution in [0.15, 0.2) is 6.07 Å². The molecule has 0 radical (unpaired) electrons. The number of carbonyl (C=O) groups excluding carboxylic acids is 1. The van der Waals surface area contributed by atoms with E-state index in [2.05, 4.69) is 16.5 Å². The molecule has 2 fully saturated rings. The predicted molar refractivity (Wildman–Crippen MR) is 89.9 cm³/mol. The van der Waals surface area contributed by atoms with Gasteiger partial charge in [0.15, 0.2) is 0 Å². The van der Waals surface area contributed by atoms with Crippen LogP contribution in [0.5, 0.6) is 0 Å². The normalized spacial score (nSPS) is 25.0. The molecule has 3 heterocycles. The minimum absolute atomic E-state index is 0.198. The molecule has 1 aromatic heterocycles. The summed E-state index contributed by atoms with van der Waals surface area (Å²) in [6.07, 6.45) is 1.35. The standard InChI is InChI=1S/C17H28N4O3/c1-14-10-15(2)21(19-14)6-3-4-16(22)20-7-9-24-17(12-20)11-18-5-8-23-13-17/h10,18H,3-9,11-13H2,1-2H3/t17-/m1/s1. The molecule has 0 saturated carbocycles. The van der Waals surface area contributed by atoms with Crippen molar-refractivity contribution in [1.82, 2.24) is 20.0 Å². The van der Waals surface area contributed by atoms with Crippen LogP contribution >= 0.6 is 0 Å². The predicted octanol–water partition coefficient (Wildman–Crippen LogP) is 0.498. The highest BCUT2D eigenvalue weighted by Gasteiger charge is 2.39. The summed E-state index contributed by atoms with van der Waals surface area (Å²) in [6.45, 7) is 9.50. The number of rotatable bonds is 4. The number of hydrogen-bond acceptors (Lipinski definition) is 5. The third-order valence-corrected chi connectivity index (χ3v) is 4.70. The lowest BCUT2D eigenvalue weighted by Crippen LogP contribution is -2.59. The minimum atomic E-state index is -0.389. The molecular weight excluding hydrogens is 308 g/mol. The molecule has 1 N–H and O–H groups in total. The van der Waals surface area contributed by atoms with Crippen molar-refractivity contribution in [3.05, 3.63) is 17.5 Å². The molecule has 0 unspecified atom stereocenters. The Balaban J connectivity index is 1.50. The first-order valence-corrected chi connectivity index (χ1v) is 8.79. The summed E-state index contributed by atoms with van der Waals surface area (Å²) in [5.41, 5.74) is 1.78. The van der Waals surface area contributed by atoms with Crippen LogP contribution in [0.3, 0.4) is 0 Å². The molecule has 0 aromatic carbocycles. The lowest BCUT2D eigenvalue weighted by atomic mass is 10.0. The Labute approximate surface area is 143 Å². The van der Waals surface area contributed by atoms with E-state index in [9.17, 15) is 4.79 Å². The molecule has 1 spiro atoms. The average Bonchev–Trinajstić information content (AvgIpc) is 2.74. The van der Waals surface area contributed by atoms with Crippen molar-refractivity contribution in [3.63, 3.8) is 0 Å². The minimum Gasteiger partial charge on any atom is -0.377 e. The van der Waals surface area contributed by atoms with Gasteiger partial charge in [-0.2, -0.15) is 5.10 Å². The molecule has 24 heavy (non-hydrogen) atoms. The number of amides is 1. The van der Waals surface area contributed by atoms with Crippen molar-refractivity contribution in [3.8, 4) is 0 Å². The number of nitrogens with one attached hydrogen (secondary N) is 1. The van der Waals surface area contributed by atoms with E-state index in [1.807, 2.05) is 23.4 Å². The second kappa shape index (κ2) is 7.63. The Hall–Kier alpha value is -1.44. The van der Waals surface area contributed by atoms with Gasteiger partial charge in [0, 0.05) is 38.3 Å². The van der Waals surface area contributed by atoms with Gasteiger partial charge in [-0.15, -0.1) is 0 Å². The molecule has 1 aromatic rings. The third-order valence-electron chi connectivity index (χ3n) is 4.70. The van der Waals surface area contributed by atoms with Crippen LogP contribution in [0.25, 0.3) is 0 Å². The van der Waals surface area contributed by atoms with E-state index in [4.69, 9.17) is 9.47 Å². The van der Waals surface area contributed by atoms with Gasteiger partial charge in [0.1, 0.15) is 5.60 Å². The second-order valence-corrected chi connectivity index (χ2v) is 6.83. The molecule has 2 aliphatic rings. The fraction of sp³-hybridized carbons (Fsp3) is 0.765. The Morgan fingerprint density at radius 3 is 3.08 bits per heavy atom. The Bertz CT molecular complexity index is 564. The van der Waals surface area contributed by atoms with Gasteiger partial charge < -0.3 is 19.7 Å². The van der Waals surface area contributed by atoms with Crippen LogP contribution < -0.4 is 5.32 Å². The molecule has 2 saturated heterocycles. The largest absolute Gasteiger partial charge is 0.377 e. The van der Waals surface area contributed by atoms with Gasteiger partial charge in [-0.1, -0.05) is 0 Å². The first-order valence-electron chi connectivity index (χ1n) is 8.79. The van der Waals surface area contributed by atoms with Crippen LogP contribution in [0, 0.1) is 13.8 Å². The summed E-state index contributed by atoms with van der Waals surface area (Å²) in [6, 6.07) is 2.06. The number of morpholine rings is 1. The lowest BCUT2D eigenvalue weighted by Gasteiger charge is -2.41. The number of aryl methyl sites for hydroxylation is 3. The average molecular weight is 336 g/mol. The number of ether oxygens (including phenoxy) is 2. The fourth-order valence-corrected chi connectivity index (χ4v) is 3.46. The monoisotopic (exact) mass is 336 g/mol. The molecule has 1 amide bonds. The zero-order valence-electron chi connectivity index (χ0n) is 14.7. The first kappa shape index (κ1) is 17.4. The maximum absolute atomic E-state index is 12.6. The fourth-order valence-electron chi connectivity index (χ4n) is 3.46. The Morgan fingerprint density at radius 2 is 2.29 bits per heavy atom. The third kappa shape index (κ3) is 4.15. The maximum atomic E-state index is 12.6. The summed E-state index contributed by atoms with van der Waals surface area (Å²) in [4.78, 5) is 14.5. The van der Waals surface area contributed by atoms with E-state index >= 15 is 0 Å². The van der Waals surface area contributed by atoms with Gasteiger partial charge in [0.25, 0.3) is 0 Å². The van der Waals surface area contributed by atoms with Crippen molar-refractivity contribution in [2.24, 2.45) is 0 Å². The zero-order valence-corrected chi connectivity index (χ0v) is 14.7. The highest BCUT2D eigenvalue weighted by Crippen LogP contribution is 2.20. The summed E-state index contributed by atoms with van der Waals surface area (Å²) in [5.74, 6) is 0.198. The number of hydrogen-bond donors (Lipinski definition) is 1. The summed E-state index contributed by atoms with van der Waals surface area (Å²) < 4.78 is 13.6. The van der Waals surface area contributed by atoms with Gasteiger partial charge >= 0.3 is 0 Å². The van der Waals surface area contributed by atoms with Gasteiger partial charge in [0.2, 0.25) is 5.91 Å². The van der Waals surface area contributed by atoms with Crippen molar-refractivity contribution in [2.75, 3.05) is 46.0 Å². The SMILES string of the molecule is Cc1cc(C)n(CCCC(=O)N2CCO[C@]3(CNCCOC3)C2)n1. The van der Waals surface area contributed by atoms with Crippen LogP contribution in [-0.4, -0.2) is 72.2 Å². The lowest BCUT2D eigenvalue weighted by molar-refractivity contribution is -0.158. The summed E-state index contributed by atoms with van der Waals surface area (Å²) in [5, 5.41) is 7.79. The molecule has 7 nitrogen and oxygen atoms in total. The smallest absolute Gasteiger partial charge is 0.222 e.